The molecule has 1 heterocycles. The highest BCUT2D eigenvalue weighted by molar-refractivity contribution is 5.94. The highest BCUT2D eigenvalue weighted by Gasteiger charge is 2.10. The van der Waals surface area contributed by atoms with E-state index in [2.05, 4.69) is 28.1 Å². The van der Waals surface area contributed by atoms with E-state index in [-0.39, 0.29) is 5.91 Å². The van der Waals surface area contributed by atoms with E-state index in [0.29, 0.717) is 24.5 Å². The number of imidazole rings is 1. The number of methoxy groups -OCH3 is 1. The monoisotopic (exact) mass is 409 g/mol. The lowest BCUT2D eigenvalue weighted by atomic mass is 10.1. The highest BCUT2D eigenvalue weighted by Crippen LogP contribution is 2.18. The minimum absolute atomic E-state index is 0.0633. The average molecular weight is 410 g/mol. The first-order valence-electron chi connectivity index (χ1n) is 10.7. The van der Waals surface area contributed by atoms with Gasteiger partial charge in [-0.3, -0.25) is 4.79 Å². The molecule has 0 aliphatic rings. The standard InChI is InChI=1S/C24H31N3O3/c1-3-30-17-16-27-22-13-7-6-12-21(22)26-23(27)14-5-4-8-15-25-24(28)19-10-9-11-20(18-19)29-2/h6-7,9-13,18H,3-5,8,14-17H2,1-2H3,(H,25,28). The van der Waals surface area contributed by atoms with E-state index in [1.165, 1.54) is 0 Å². The predicted molar refractivity (Wildman–Crippen MR) is 119 cm³/mol. The van der Waals surface area contributed by atoms with Gasteiger partial charge in [0.25, 0.3) is 5.91 Å². The van der Waals surface area contributed by atoms with Crippen LogP contribution in [0, 0.1) is 0 Å². The van der Waals surface area contributed by atoms with Crippen LogP contribution in [0.3, 0.4) is 0 Å². The summed E-state index contributed by atoms with van der Waals surface area (Å²) in [7, 11) is 1.60. The Balaban J connectivity index is 1.45. The van der Waals surface area contributed by atoms with Crippen LogP contribution in [0.1, 0.15) is 42.4 Å². The maximum absolute atomic E-state index is 12.2. The third-order valence-electron chi connectivity index (χ3n) is 5.09. The third kappa shape index (κ3) is 5.83. The number of carbonyl (C=O) groups excluding carboxylic acids is 1. The summed E-state index contributed by atoms with van der Waals surface area (Å²) in [5.74, 6) is 1.73. The molecule has 1 aromatic heterocycles. The summed E-state index contributed by atoms with van der Waals surface area (Å²) in [6.45, 7) is 4.92. The van der Waals surface area contributed by atoms with Crippen LogP contribution in [0.5, 0.6) is 5.75 Å². The smallest absolute Gasteiger partial charge is 0.251 e. The summed E-state index contributed by atoms with van der Waals surface area (Å²) in [6.07, 6.45) is 3.93. The first-order chi connectivity index (χ1) is 14.7. The molecular weight excluding hydrogens is 378 g/mol. The van der Waals surface area contributed by atoms with Crippen LogP contribution in [0.4, 0.5) is 0 Å². The van der Waals surface area contributed by atoms with Crippen LogP contribution in [0.2, 0.25) is 0 Å². The quantitative estimate of drug-likeness (QED) is 0.455. The minimum Gasteiger partial charge on any atom is -0.497 e. The number of aromatic nitrogens is 2. The van der Waals surface area contributed by atoms with Crippen molar-refractivity contribution in [2.24, 2.45) is 0 Å². The number of hydrogen-bond acceptors (Lipinski definition) is 4. The summed E-state index contributed by atoms with van der Waals surface area (Å²) in [6, 6.07) is 15.5. The number of benzene rings is 2. The number of aryl methyl sites for hydroxylation is 1. The molecule has 0 bridgehead atoms. The second kappa shape index (κ2) is 11.4. The van der Waals surface area contributed by atoms with Crippen molar-refractivity contribution >= 4 is 16.9 Å². The number of hydrogen-bond donors (Lipinski definition) is 1. The van der Waals surface area contributed by atoms with Gasteiger partial charge in [-0.1, -0.05) is 24.6 Å². The van der Waals surface area contributed by atoms with Gasteiger partial charge in [0.2, 0.25) is 0 Å². The highest BCUT2D eigenvalue weighted by atomic mass is 16.5. The molecule has 1 N–H and O–H groups in total. The fourth-order valence-electron chi connectivity index (χ4n) is 3.52. The van der Waals surface area contributed by atoms with Crippen molar-refractivity contribution in [3.8, 4) is 5.75 Å². The van der Waals surface area contributed by atoms with Gasteiger partial charge >= 0.3 is 0 Å². The fraction of sp³-hybridized carbons (Fsp3) is 0.417. The summed E-state index contributed by atoms with van der Waals surface area (Å²) < 4.78 is 13.0. The van der Waals surface area contributed by atoms with Gasteiger partial charge in [-0.05, 0) is 50.1 Å². The maximum atomic E-state index is 12.2. The Hall–Kier alpha value is -2.86. The van der Waals surface area contributed by atoms with E-state index in [0.717, 1.165) is 55.7 Å². The number of nitrogens with one attached hydrogen (secondary N) is 1. The number of rotatable bonds is 12. The lowest BCUT2D eigenvalue weighted by Crippen LogP contribution is -2.24. The Bertz CT molecular complexity index is 952. The van der Waals surface area contributed by atoms with Crippen LogP contribution in [-0.4, -0.2) is 42.3 Å². The van der Waals surface area contributed by atoms with Crippen molar-refractivity contribution in [3.63, 3.8) is 0 Å². The Labute approximate surface area is 178 Å². The molecule has 0 saturated carbocycles. The Kier molecular flexibility index (Phi) is 8.27. The van der Waals surface area contributed by atoms with Crippen molar-refractivity contribution in [1.82, 2.24) is 14.9 Å². The maximum Gasteiger partial charge on any atom is 0.251 e. The Morgan fingerprint density at radius 3 is 2.80 bits per heavy atom. The second-order valence-electron chi connectivity index (χ2n) is 7.16. The van der Waals surface area contributed by atoms with Crippen LogP contribution in [0.15, 0.2) is 48.5 Å². The van der Waals surface area contributed by atoms with Gasteiger partial charge in [0.1, 0.15) is 11.6 Å². The number of carbonyl (C=O) groups is 1. The topological polar surface area (TPSA) is 65.4 Å². The number of amides is 1. The zero-order chi connectivity index (χ0) is 21.2. The number of fused-ring (bicyclic) bond motifs is 1. The normalized spacial score (nSPS) is 11.0. The average Bonchev–Trinajstić information content (AvgIpc) is 3.13. The van der Waals surface area contributed by atoms with Gasteiger partial charge in [0.05, 0.1) is 24.8 Å². The Morgan fingerprint density at radius 2 is 1.97 bits per heavy atom. The molecule has 30 heavy (non-hydrogen) atoms. The van der Waals surface area contributed by atoms with E-state index in [9.17, 15) is 4.79 Å². The molecule has 0 radical (unpaired) electrons. The molecule has 1 amide bonds. The number of nitrogens with zero attached hydrogens (tertiary/aromatic N) is 2. The van der Waals surface area contributed by atoms with E-state index < -0.39 is 0 Å². The van der Waals surface area contributed by atoms with E-state index in [4.69, 9.17) is 14.5 Å². The first-order valence-corrected chi connectivity index (χ1v) is 10.7. The zero-order valence-electron chi connectivity index (χ0n) is 17.9. The zero-order valence-corrected chi connectivity index (χ0v) is 17.9. The second-order valence-corrected chi connectivity index (χ2v) is 7.16. The SMILES string of the molecule is CCOCCn1c(CCCCCNC(=O)c2cccc(OC)c2)nc2ccccc21. The van der Waals surface area contributed by atoms with Gasteiger partial charge < -0.3 is 19.4 Å². The third-order valence-corrected chi connectivity index (χ3v) is 5.09. The molecule has 0 aliphatic carbocycles. The molecule has 0 spiro atoms. The van der Waals surface area contributed by atoms with Gasteiger partial charge in [0, 0.05) is 31.7 Å². The van der Waals surface area contributed by atoms with Crippen molar-refractivity contribution in [1.29, 1.82) is 0 Å². The van der Waals surface area contributed by atoms with E-state index >= 15 is 0 Å². The molecule has 0 saturated heterocycles. The summed E-state index contributed by atoms with van der Waals surface area (Å²) in [4.78, 5) is 17.1. The molecule has 2 aromatic carbocycles. The van der Waals surface area contributed by atoms with Crippen LogP contribution < -0.4 is 10.1 Å². The van der Waals surface area contributed by atoms with Gasteiger partial charge in [-0.25, -0.2) is 4.98 Å². The first kappa shape index (κ1) is 21.8. The van der Waals surface area contributed by atoms with Crippen LogP contribution >= 0.6 is 0 Å². The predicted octanol–water partition coefficient (Wildman–Crippen LogP) is 4.22. The molecule has 6 heteroatoms. The molecule has 0 unspecified atom stereocenters. The minimum atomic E-state index is -0.0633. The van der Waals surface area contributed by atoms with E-state index in [1.54, 1.807) is 19.2 Å². The van der Waals surface area contributed by atoms with Crippen LogP contribution in [-0.2, 0) is 17.7 Å². The summed E-state index contributed by atoms with van der Waals surface area (Å²) in [5.41, 5.74) is 2.82. The molecule has 0 aliphatic heterocycles. The number of unbranched alkanes of at least 4 members (excludes halogenated alkanes) is 2. The van der Waals surface area contributed by atoms with Crippen molar-refractivity contribution in [2.45, 2.75) is 39.2 Å². The molecule has 6 nitrogen and oxygen atoms in total. The number of ether oxygens (including phenoxy) is 2. The van der Waals surface area contributed by atoms with Crippen molar-refractivity contribution < 1.29 is 14.3 Å². The molecule has 0 fully saturated rings. The fourth-order valence-corrected chi connectivity index (χ4v) is 3.52. The van der Waals surface area contributed by atoms with Crippen LogP contribution in [0.25, 0.3) is 11.0 Å². The molecule has 0 atom stereocenters. The summed E-state index contributed by atoms with van der Waals surface area (Å²) in [5, 5.41) is 2.98. The molecule has 3 rings (SSSR count). The number of para-hydroxylation sites is 2. The lowest BCUT2D eigenvalue weighted by Gasteiger charge is -2.10. The Morgan fingerprint density at radius 1 is 1.10 bits per heavy atom. The van der Waals surface area contributed by atoms with Gasteiger partial charge in [0.15, 0.2) is 0 Å². The summed E-state index contributed by atoms with van der Waals surface area (Å²) >= 11 is 0. The largest absolute Gasteiger partial charge is 0.497 e. The van der Waals surface area contributed by atoms with Crippen molar-refractivity contribution in [3.05, 3.63) is 59.9 Å². The lowest BCUT2D eigenvalue weighted by molar-refractivity contribution is 0.0952. The molecule has 160 valence electrons. The van der Waals surface area contributed by atoms with E-state index in [1.807, 2.05) is 25.1 Å². The molecule has 3 aromatic rings. The van der Waals surface area contributed by atoms with Gasteiger partial charge in [-0.2, -0.15) is 0 Å². The van der Waals surface area contributed by atoms with Gasteiger partial charge in [-0.15, -0.1) is 0 Å². The molecular formula is C24H31N3O3. The van der Waals surface area contributed by atoms with Crippen molar-refractivity contribution in [2.75, 3.05) is 26.9 Å².